The van der Waals surface area contributed by atoms with Crippen molar-refractivity contribution in [3.63, 3.8) is 0 Å². The fourth-order valence-electron chi connectivity index (χ4n) is 2.68. The topological polar surface area (TPSA) is 58.6 Å². The number of nitrogens with zero attached hydrogens (tertiary/aromatic N) is 1. The summed E-state index contributed by atoms with van der Waals surface area (Å²) in [6.07, 6.45) is 1.27. The van der Waals surface area contributed by atoms with Crippen LogP contribution in [0.4, 0.5) is 0 Å². The van der Waals surface area contributed by atoms with Gasteiger partial charge in [-0.25, -0.2) is 0 Å². The number of methoxy groups -OCH3 is 1. The molecule has 0 spiro atoms. The summed E-state index contributed by atoms with van der Waals surface area (Å²) >= 11 is 0. The maximum Gasteiger partial charge on any atom is 0.225 e. The minimum atomic E-state index is -0.229. The Kier molecular flexibility index (Phi) is 6.02. The number of likely N-dealkylation sites (tertiary alicyclic amines) is 1. The Morgan fingerprint density at radius 2 is 2.04 bits per heavy atom. The highest BCUT2D eigenvalue weighted by Gasteiger charge is 2.33. The predicted molar refractivity (Wildman–Crippen MR) is 89.0 cm³/mol. The Morgan fingerprint density at radius 1 is 1.35 bits per heavy atom. The van der Waals surface area contributed by atoms with E-state index in [2.05, 4.69) is 19.2 Å². The summed E-state index contributed by atoms with van der Waals surface area (Å²) in [6, 6.07) is 7.66. The second-order valence-corrected chi connectivity index (χ2v) is 6.50. The molecule has 1 saturated heterocycles. The molecule has 2 amide bonds. The van der Waals surface area contributed by atoms with E-state index in [0.717, 1.165) is 17.7 Å². The van der Waals surface area contributed by atoms with Crippen LogP contribution in [0.15, 0.2) is 24.3 Å². The van der Waals surface area contributed by atoms with E-state index in [4.69, 9.17) is 4.74 Å². The van der Waals surface area contributed by atoms with Gasteiger partial charge >= 0.3 is 0 Å². The summed E-state index contributed by atoms with van der Waals surface area (Å²) in [7, 11) is 1.63. The van der Waals surface area contributed by atoms with Crippen LogP contribution < -0.4 is 10.1 Å². The molecular formula is C18H26N2O3. The molecule has 1 heterocycles. The number of hydrogen-bond acceptors (Lipinski definition) is 3. The van der Waals surface area contributed by atoms with Crippen LogP contribution in [0.1, 0.15) is 32.3 Å². The zero-order valence-electron chi connectivity index (χ0n) is 14.2. The Bertz CT molecular complexity index is 540. The fraction of sp³-hybridized carbons (Fsp3) is 0.556. The molecule has 23 heavy (non-hydrogen) atoms. The predicted octanol–water partition coefficient (Wildman–Crippen LogP) is 2.21. The first-order valence-corrected chi connectivity index (χ1v) is 8.18. The average molecular weight is 318 g/mol. The quantitative estimate of drug-likeness (QED) is 0.838. The van der Waals surface area contributed by atoms with Gasteiger partial charge in [0.2, 0.25) is 11.8 Å². The smallest absolute Gasteiger partial charge is 0.225 e. The zero-order valence-corrected chi connectivity index (χ0v) is 14.2. The number of amides is 2. The number of nitrogens with one attached hydrogen (secondary N) is 1. The highest BCUT2D eigenvalue weighted by Crippen LogP contribution is 2.21. The van der Waals surface area contributed by atoms with Crippen LogP contribution >= 0.6 is 0 Å². The lowest BCUT2D eigenvalue weighted by molar-refractivity contribution is -0.129. The summed E-state index contributed by atoms with van der Waals surface area (Å²) in [4.78, 5) is 26.0. The van der Waals surface area contributed by atoms with Gasteiger partial charge in [-0.15, -0.1) is 0 Å². The van der Waals surface area contributed by atoms with E-state index in [-0.39, 0.29) is 17.7 Å². The minimum Gasteiger partial charge on any atom is -0.497 e. The summed E-state index contributed by atoms with van der Waals surface area (Å²) in [5.74, 6) is 1.17. The molecule has 5 nitrogen and oxygen atoms in total. The Labute approximate surface area is 138 Å². The third-order valence-corrected chi connectivity index (χ3v) is 4.14. The zero-order chi connectivity index (χ0) is 16.8. The molecule has 0 saturated carbocycles. The third kappa shape index (κ3) is 4.98. The molecule has 1 aromatic rings. The Morgan fingerprint density at radius 3 is 2.65 bits per heavy atom. The summed E-state index contributed by atoms with van der Waals surface area (Å²) < 4.78 is 5.13. The lowest BCUT2D eigenvalue weighted by Crippen LogP contribution is -2.33. The van der Waals surface area contributed by atoms with Crippen LogP contribution in [0.5, 0.6) is 5.75 Å². The van der Waals surface area contributed by atoms with Crippen molar-refractivity contribution in [1.29, 1.82) is 0 Å². The first kappa shape index (κ1) is 17.3. The molecule has 0 radical (unpaired) electrons. The molecule has 0 bridgehead atoms. The first-order valence-electron chi connectivity index (χ1n) is 8.18. The number of carbonyl (C=O) groups excluding carboxylic acids is 2. The van der Waals surface area contributed by atoms with Gasteiger partial charge in [-0.05, 0) is 30.0 Å². The van der Waals surface area contributed by atoms with E-state index in [0.29, 0.717) is 32.0 Å². The molecule has 126 valence electrons. The van der Waals surface area contributed by atoms with E-state index in [1.54, 1.807) is 12.0 Å². The van der Waals surface area contributed by atoms with Crippen molar-refractivity contribution in [2.75, 3.05) is 20.2 Å². The van der Waals surface area contributed by atoms with E-state index >= 15 is 0 Å². The molecule has 2 rings (SSSR count). The minimum absolute atomic E-state index is 0.00349. The van der Waals surface area contributed by atoms with Crippen LogP contribution in [-0.4, -0.2) is 36.9 Å². The van der Waals surface area contributed by atoms with Crippen molar-refractivity contribution in [3.05, 3.63) is 29.8 Å². The third-order valence-electron chi connectivity index (χ3n) is 4.14. The standard InChI is InChI=1S/C18H26N2O3/c1-13(2)8-9-19-18(22)15-10-17(21)20(12-15)11-14-4-6-16(23-3)7-5-14/h4-7,13,15H,8-12H2,1-3H3,(H,19,22)/t15-/m1/s1. The number of benzene rings is 1. The van der Waals surface area contributed by atoms with E-state index in [1.165, 1.54) is 0 Å². The van der Waals surface area contributed by atoms with Gasteiger partial charge in [0.25, 0.3) is 0 Å². The Hall–Kier alpha value is -2.04. The van der Waals surface area contributed by atoms with Crippen LogP contribution in [0.2, 0.25) is 0 Å². The van der Waals surface area contributed by atoms with Crippen molar-refractivity contribution in [3.8, 4) is 5.75 Å². The number of ether oxygens (including phenoxy) is 1. The van der Waals surface area contributed by atoms with Crippen molar-refractivity contribution in [1.82, 2.24) is 10.2 Å². The van der Waals surface area contributed by atoms with Gasteiger partial charge in [0.1, 0.15) is 5.75 Å². The van der Waals surface area contributed by atoms with Gasteiger partial charge in [0, 0.05) is 26.1 Å². The monoisotopic (exact) mass is 318 g/mol. The highest BCUT2D eigenvalue weighted by molar-refractivity contribution is 5.89. The van der Waals surface area contributed by atoms with Crippen molar-refractivity contribution in [2.45, 2.75) is 33.2 Å². The van der Waals surface area contributed by atoms with E-state index < -0.39 is 0 Å². The van der Waals surface area contributed by atoms with Crippen LogP contribution in [0.3, 0.4) is 0 Å². The molecule has 1 N–H and O–H groups in total. The van der Waals surface area contributed by atoms with Gasteiger partial charge in [-0.1, -0.05) is 26.0 Å². The molecule has 1 fully saturated rings. The number of hydrogen-bond donors (Lipinski definition) is 1. The maximum atomic E-state index is 12.1. The summed E-state index contributed by atoms with van der Waals surface area (Å²) in [5.41, 5.74) is 1.04. The SMILES string of the molecule is COc1ccc(CN2C[C@H](C(=O)NCCC(C)C)CC2=O)cc1. The number of rotatable bonds is 7. The second kappa shape index (κ2) is 7.99. The lowest BCUT2D eigenvalue weighted by atomic mass is 10.1. The largest absolute Gasteiger partial charge is 0.497 e. The molecular weight excluding hydrogens is 292 g/mol. The van der Waals surface area contributed by atoms with Gasteiger partial charge in [0.05, 0.1) is 13.0 Å². The van der Waals surface area contributed by atoms with Gasteiger partial charge in [0.15, 0.2) is 0 Å². The fourth-order valence-corrected chi connectivity index (χ4v) is 2.68. The highest BCUT2D eigenvalue weighted by atomic mass is 16.5. The molecule has 1 aliphatic heterocycles. The average Bonchev–Trinajstić information content (AvgIpc) is 2.89. The molecule has 5 heteroatoms. The van der Waals surface area contributed by atoms with Gasteiger partial charge in [-0.2, -0.15) is 0 Å². The van der Waals surface area contributed by atoms with Crippen molar-refractivity contribution < 1.29 is 14.3 Å². The normalized spacial score (nSPS) is 17.7. The molecule has 0 aromatic heterocycles. The second-order valence-electron chi connectivity index (χ2n) is 6.50. The van der Waals surface area contributed by atoms with E-state index in [1.807, 2.05) is 24.3 Å². The van der Waals surface area contributed by atoms with Crippen molar-refractivity contribution in [2.24, 2.45) is 11.8 Å². The van der Waals surface area contributed by atoms with Crippen LogP contribution in [-0.2, 0) is 16.1 Å². The summed E-state index contributed by atoms with van der Waals surface area (Å²) in [6.45, 7) is 5.97. The maximum absolute atomic E-state index is 12.1. The number of carbonyl (C=O) groups is 2. The van der Waals surface area contributed by atoms with Gasteiger partial charge < -0.3 is 15.0 Å². The first-order chi connectivity index (χ1) is 11.0. The van der Waals surface area contributed by atoms with Crippen molar-refractivity contribution >= 4 is 11.8 Å². The Balaban J connectivity index is 1.85. The van der Waals surface area contributed by atoms with Crippen LogP contribution in [0, 0.1) is 11.8 Å². The molecule has 0 unspecified atom stereocenters. The summed E-state index contributed by atoms with van der Waals surface area (Å²) in [5, 5.41) is 2.94. The molecule has 1 aromatic carbocycles. The molecule has 1 atom stereocenters. The lowest BCUT2D eigenvalue weighted by Gasteiger charge is -2.17. The molecule has 1 aliphatic rings. The van der Waals surface area contributed by atoms with Gasteiger partial charge in [-0.3, -0.25) is 9.59 Å². The van der Waals surface area contributed by atoms with E-state index in [9.17, 15) is 9.59 Å². The molecule has 0 aliphatic carbocycles. The van der Waals surface area contributed by atoms with Crippen LogP contribution in [0.25, 0.3) is 0 Å².